The van der Waals surface area contributed by atoms with Gasteiger partial charge >= 0.3 is 0 Å². The van der Waals surface area contributed by atoms with Gasteiger partial charge < -0.3 is 9.88 Å². The predicted octanol–water partition coefficient (Wildman–Crippen LogP) is 3.89. The first-order valence-corrected chi connectivity index (χ1v) is 9.40. The SMILES string of the molecule is O=c1c(-c2cccc(-c3ccccc3)c2)ccc2n1C[C@@H]1CNC[C@H]2C1. The molecule has 1 fully saturated rings. The lowest BCUT2D eigenvalue weighted by molar-refractivity contribution is 0.257. The molecule has 2 bridgehead atoms. The van der Waals surface area contributed by atoms with E-state index in [4.69, 9.17) is 0 Å². The highest BCUT2D eigenvalue weighted by Crippen LogP contribution is 2.33. The van der Waals surface area contributed by atoms with E-state index in [-0.39, 0.29) is 5.56 Å². The molecule has 26 heavy (non-hydrogen) atoms. The van der Waals surface area contributed by atoms with Crippen LogP contribution in [0.5, 0.6) is 0 Å². The van der Waals surface area contributed by atoms with Crippen molar-refractivity contribution < 1.29 is 0 Å². The van der Waals surface area contributed by atoms with Crippen molar-refractivity contribution in [2.45, 2.75) is 18.9 Å². The predicted molar refractivity (Wildman–Crippen MR) is 105 cm³/mol. The molecular weight excluding hydrogens is 320 g/mol. The molecule has 0 unspecified atom stereocenters. The summed E-state index contributed by atoms with van der Waals surface area (Å²) in [6, 6.07) is 22.8. The van der Waals surface area contributed by atoms with Gasteiger partial charge in [0.25, 0.3) is 5.56 Å². The van der Waals surface area contributed by atoms with Crippen molar-refractivity contribution in [3.63, 3.8) is 0 Å². The fraction of sp³-hybridized carbons (Fsp3) is 0.261. The van der Waals surface area contributed by atoms with Crippen LogP contribution in [0.2, 0.25) is 0 Å². The Balaban J connectivity index is 1.60. The van der Waals surface area contributed by atoms with E-state index in [1.165, 1.54) is 17.7 Å². The van der Waals surface area contributed by atoms with Crippen molar-refractivity contribution in [3.8, 4) is 22.3 Å². The summed E-state index contributed by atoms with van der Waals surface area (Å²) >= 11 is 0. The number of nitrogens with zero attached hydrogens (tertiary/aromatic N) is 1. The standard InChI is InChI=1S/C23H22N2O/c26-23-21(9-10-22-20-11-16(13-24-14-20)15-25(22)23)19-8-4-7-18(12-19)17-5-2-1-3-6-17/h1-10,12,16,20,24H,11,13-15H2/t16-,20+/m0/s1. The molecule has 5 rings (SSSR count). The molecule has 2 atom stereocenters. The monoisotopic (exact) mass is 342 g/mol. The van der Waals surface area contributed by atoms with Crippen molar-refractivity contribution in [2.75, 3.05) is 13.1 Å². The quantitative estimate of drug-likeness (QED) is 0.767. The molecule has 1 saturated heterocycles. The van der Waals surface area contributed by atoms with Gasteiger partial charge in [-0.25, -0.2) is 0 Å². The van der Waals surface area contributed by atoms with Crippen LogP contribution < -0.4 is 10.9 Å². The molecule has 2 aliphatic rings. The molecule has 2 aromatic carbocycles. The summed E-state index contributed by atoms with van der Waals surface area (Å²) in [5.74, 6) is 1.05. The van der Waals surface area contributed by atoms with Gasteiger partial charge in [0, 0.05) is 30.3 Å². The van der Waals surface area contributed by atoms with E-state index >= 15 is 0 Å². The van der Waals surface area contributed by atoms with Crippen molar-refractivity contribution in [2.24, 2.45) is 5.92 Å². The van der Waals surface area contributed by atoms with Crippen LogP contribution in [0.25, 0.3) is 22.3 Å². The largest absolute Gasteiger partial charge is 0.316 e. The lowest BCUT2D eigenvalue weighted by Crippen LogP contribution is -2.45. The zero-order valence-electron chi connectivity index (χ0n) is 14.7. The molecule has 3 aromatic rings. The number of benzene rings is 2. The molecule has 0 saturated carbocycles. The Kier molecular flexibility index (Phi) is 3.75. The Morgan fingerprint density at radius 1 is 0.846 bits per heavy atom. The molecule has 2 aliphatic heterocycles. The Bertz CT molecular complexity index is 1010. The summed E-state index contributed by atoms with van der Waals surface area (Å²) in [5.41, 5.74) is 5.48. The number of nitrogens with one attached hydrogen (secondary N) is 1. The van der Waals surface area contributed by atoms with Gasteiger partial charge in [0.2, 0.25) is 0 Å². The summed E-state index contributed by atoms with van der Waals surface area (Å²) in [6.07, 6.45) is 1.20. The second-order valence-electron chi connectivity index (χ2n) is 7.49. The Hall–Kier alpha value is -2.65. The lowest BCUT2D eigenvalue weighted by atomic mass is 9.84. The first-order chi connectivity index (χ1) is 12.8. The van der Waals surface area contributed by atoms with Crippen molar-refractivity contribution in [3.05, 3.63) is 82.8 Å². The normalized spacial score (nSPS) is 21.2. The number of fused-ring (bicyclic) bond motifs is 4. The van der Waals surface area contributed by atoms with Gasteiger partial charge in [-0.3, -0.25) is 4.79 Å². The zero-order chi connectivity index (χ0) is 17.5. The van der Waals surface area contributed by atoms with Gasteiger partial charge in [0.05, 0.1) is 0 Å². The highest BCUT2D eigenvalue weighted by molar-refractivity contribution is 5.72. The highest BCUT2D eigenvalue weighted by Gasteiger charge is 2.31. The molecule has 0 amide bonds. The maximum atomic E-state index is 13.2. The van der Waals surface area contributed by atoms with E-state index in [0.29, 0.717) is 11.8 Å². The van der Waals surface area contributed by atoms with Gasteiger partial charge in [0.15, 0.2) is 0 Å². The average molecular weight is 342 g/mol. The summed E-state index contributed by atoms with van der Waals surface area (Å²) in [7, 11) is 0. The van der Waals surface area contributed by atoms with E-state index in [1.807, 2.05) is 41.0 Å². The lowest BCUT2D eigenvalue weighted by Gasteiger charge is -2.37. The van der Waals surface area contributed by atoms with Gasteiger partial charge in [-0.1, -0.05) is 48.5 Å². The van der Waals surface area contributed by atoms with Crippen LogP contribution in [-0.2, 0) is 6.54 Å². The number of aromatic nitrogens is 1. The molecule has 130 valence electrons. The summed E-state index contributed by atoms with van der Waals surface area (Å²) in [4.78, 5) is 13.2. The second-order valence-corrected chi connectivity index (χ2v) is 7.49. The number of hydrogen-bond donors (Lipinski definition) is 1. The van der Waals surface area contributed by atoms with E-state index in [9.17, 15) is 4.79 Å². The summed E-state index contributed by atoms with van der Waals surface area (Å²) < 4.78 is 2.03. The van der Waals surface area contributed by atoms with Crippen LogP contribution in [0, 0.1) is 5.92 Å². The maximum Gasteiger partial charge on any atom is 0.258 e. The molecule has 0 radical (unpaired) electrons. The number of pyridine rings is 1. The minimum Gasteiger partial charge on any atom is -0.316 e. The van der Waals surface area contributed by atoms with Crippen molar-refractivity contribution >= 4 is 0 Å². The van der Waals surface area contributed by atoms with Crippen LogP contribution in [0.1, 0.15) is 18.0 Å². The van der Waals surface area contributed by atoms with Crippen molar-refractivity contribution in [1.29, 1.82) is 0 Å². The van der Waals surface area contributed by atoms with Crippen LogP contribution in [-0.4, -0.2) is 17.7 Å². The zero-order valence-corrected chi connectivity index (χ0v) is 14.7. The summed E-state index contributed by atoms with van der Waals surface area (Å²) in [6.45, 7) is 2.85. The highest BCUT2D eigenvalue weighted by atomic mass is 16.1. The van der Waals surface area contributed by atoms with Crippen LogP contribution in [0.15, 0.2) is 71.5 Å². The van der Waals surface area contributed by atoms with Crippen LogP contribution in [0.4, 0.5) is 0 Å². The third-order valence-electron chi connectivity index (χ3n) is 5.79. The number of rotatable bonds is 2. The third kappa shape index (κ3) is 2.60. The first-order valence-electron chi connectivity index (χ1n) is 9.40. The third-order valence-corrected chi connectivity index (χ3v) is 5.79. The van der Waals surface area contributed by atoms with E-state index in [1.54, 1.807) is 0 Å². The molecule has 1 aromatic heterocycles. The van der Waals surface area contributed by atoms with E-state index in [0.717, 1.165) is 36.3 Å². The maximum absolute atomic E-state index is 13.2. The van der Waals surface area contributed by atoms with Gasteiger partial charge in [0.1, 0.15) is 0 Å². The number of hydrogen-bond acceptors (Lipinski definition) is 2. The van der Waals surface area contributed by atoms with E-state index in [2.05, 4.69) is 35.6 Å². The Labute approximate surface area is 153 Å². The molecule has 3 nitrogen and oxygen atoms in total. The molecular formula is C23H22N2O. The first kappa shape index (κ1) is 15.6. The Morgan fingerprint density at radius 3 is 2.54 bits per heavy atom. The molecule has 0 spiro atoms. The molecule has 0 aliphatic carbocycles. The van der Waals surface area contributed by atoms with Crippen LogP contribution in [0.3, 0.4) is 0 Å². The summed E-state index contributed by atoms with van der Waals surface area (Å²) in [5, 5.41) is 3.50. The molecule has 3 heteroatoms. The minimum atomic E-state index is 0.157. The molecule has 1 N–H and O–H groups in total. The molecule has 3 heterocycles. The van der Waals surface area contributed by atoms with Gasteiger partial charge in [-0.15, -0.1) is 0 Å². The fourth-order valence-electron chi connectivity index (χ4n) is 4.51. The van der Waals surface area contributed by atoms with Crippen LogP contribution >= 0.6 is 0 Å². The van der Waals surface area contributed by atoms with Crippen molar-refractivity contribution in [1.82, 2.24) is 9.88 Å². The fourth-order valence-corrected chi connectivity index (χ4v) is 4.51. The Morgan fingerprint density at radius 2 is 1.65 bits per heavy atom. The van der Waals surface area contributed by atoms with Gasteiger partial charge in [-0.05, 0) is 53.8 Å². The van der Waals surface area contributed by atoms with E-state index < -0.39 is 0 Å². The average Bonchev–Trinajstić information content (AvgIpc) is 2.70. The second kappa shape index (κ2) is 6.26. The topological polar surface area (TPSA) is 34.0 Å². The van der Waals surface area contributed by atoms with Gasteiger partial charge in [-0.2, -0.15) is 0 Å². The minimum absolute atomic E-state index is 0.157. The smallest absolute Gasteiger partial charge is 0.258 e. The number of piperidine rings is 1.